The topological polar surface area (TPSA) is 12.9 Å². The van der Waals surface area contributed by atoms with E-state index in [9.17, 15) is 0 Å². The summed E-state index contributed by atoms with van der Waals surface area (Å²) in [6.07, 6.45) is 6.31. The van der Waals surface area contributed by atoms with Gasteiger partial charge in [0, 0.05) is 11.8 Å². The minimum absolute atomic E-state index is 0.340. The van der Waals surface area contributed by atoms with Gasteiger partial charge in [0.15, 0.2) is 0 Å². The lowest BCUT2D eigenvalue weighted by Crippen LogP contribution is -2.07. The maximum Gasteiger partial charge on any atom is 0.0710 e. The quantitative estimate of drug-likeness (QED) is 0.658. The number of aromatic nitrogens is 1. The van der Waals surface area contributed by atoms with Crippen LogP contribution in [-0.2, 0) is 6.42 Å². The van der Waals surface area contributed by atoms with E-state index < -0.39 is 0 Å². The Morgan fingerprint density at radius 3 is 2.45 bits per heavy atom. The van der Waals surface area contributed by atoms with E-state index in [1.807, 2.05) is 12.3 Å². The second kappa shape index (κ2) is 6.91. The second-order valence-electron chi connectivity index (χ2n) is 7.09. The summed E-state index contributed by atoms with van der Waals surface area (Å²) in [4.78, 5) is 4.60. The fraction of sp³-hybridized carbons (Fsp3) is 0.381. The molecule has 0 aliphatic heterocycles. The van der Waals surface area contributed by atoms with Crippen LogP contribution in [0.4, 0.5) is 0 Å². The van der Waals surface area contributed by atoms with E-state index >= 15 is 0 Å². The Kier molecular flexibility index (Phi) is 5.18. The van der Waals surface area contributed by atoms with Crippen LogP contribution in [0.3, 0.4) is 0 Å². The minimum atomic E-state index is 0.340. The molecule has 1 aromatic carbocycles. The van der Waals surface area contributed by atoms with Crippen LogP contribution in [0.1, 0.15) is 52.2 Å². The largest absolute Gasteiger partial charge is 0.256 e. The van der Waals surface area contributed by atoms with E-state index in [1.54, 1.807) is 0 Å². The molecule has 0 aliphatic carbocycles. The van der Waals surface area contributed by atoms with Crippen molar-refractivity contribution >= 4 is 5.57 Å². The smallest absolute Gasteiger partial charge is 0.0710 e. The molecule has 0 bridgehead atoms. The number of hydrogen-bond donors (Lipinski definition) is 0. The average molecular weight is 293 g/mol. The van der Waals surface area contributed by atoms with Crippen LogP contribution >= 0.6 is 0 Å². The van der Waals surface area contributed by atoms with Crippen LogP contribution in [-0.4, -0.2) is 4.98 Å². The molecule has 1 heterocycles. The summed E-state index contributed by atoms with van der Waals surface area (Å²) in [6.45, 7) is 11.2. The van der Waals surface area contributed by atoms with E-state index in [4.69, 9.17) is 0 Å². The van der Waals surface area contributed by atoms with Gasteiger partial charge in [-0.2, -0.15) is 0 Å². The SMILES string of the molecule is C/C=C(\C)c1cccc(CCC(C)(C)C)c1-c1ccccn1. The van der Waals surface area contributed by atoms with Gasteiger partial charge >= 0.3 is 0 Å². The van der Waals surface area contributed by atoms with Crippen molar-refractivity contribution in [1.29, 1.82) is 0 Å². The highest BCUT2D eigenvalue weighted by atomic mass is 14.7. The van der Waals surface area contributed by atoms with Crippen molar-refractivity contribution in [2.24, 2.45) is 5.41 Å². The Balaban J connectivity index is 2.54. The highest BCUT2D eigenvalue weighted by Gasteiger charge is 2.16. The molecule has 0 fully saturated rings. The fourth-order valence-corrected chi connectivity index (χ4v) is 2.62. The molecule has 1 aromatic heterocycles. The summed E-state index contributed by atoms with van der Waals surface area (Å²) in [5, 5.41) is 0. The Bertz CT molecular complexity index is 645. The van der Waals surface area contributed by atoms with Crippen LogP contribution in [0.25, 0.3) is 16.8 Å². The number of allylic oxidation sites excluding steroid dienone is 2. The van der Waals surface area contributed by atoms with Gasteiger partial charge in [0.05, 0.1) is 5.69 Å². The molecule has 0 N–H and O–H groups in total. The number of aryl methyl sites for hydroxylation is 1. The van der Waals surface area contributed by atoms with Crippen LogP contribution in [0.2, 0.25) is 0 Å². The maximum absolute atomic E-state index is 4.60. The van der Waals surface area contributed by atoms with E-state index in [0.717, 1.165) is 12.1 Å². The predicted molar refractivity (Wildman–Crippen MR) is 96.8 cm³/mol. The maximum atomic E-state index is 4.60. The molecule has 0 saturated heterocycles. The third kappa shape index (κ3) is 4.07. The lowest BCUT2D eigenvalue weighted by Gasteiger charge is -2.20. The van der Waals surface area contributed by atoms with Gasteiger partial charge < -0.3 is 0 Å². The van der Waals surface area contributed by atoms with Crippen molar-refractivity contribution in [2.45, 2.75) is 47.5 Å². The molecule has 2 aromatic rings. The number of rotatable bonds is 4. The summed E-state index contributed by atoms with van der Waals surface area (Å²) in [6, 6.07) is 12.8. The Morgan fingerprint density at radius 1 is 1.09 bits per heavy atom. The Labute approximate surface area is 135 Å². The van der Waals surface area contributed by atoms with Gasteiger partial charge in [-0.15, -0.1) is 0 Å². The molecular formula is C21H27N. The Hall–Kier alpha value is -1.89. The second-order valence-corrected chi connectivity index (χ2v) is 7.09. The van der Waals surface area contributed by atoms with Gasteiger partial charge in [0.2, 0.25) is 0 Å². The first-order chi connectivity index (χ1) is 10.4. The van der Waals surface area contributed by atoms with Gasteiger partial charge in [-0.05, 0) is 60.9 Å². The van der Waals surface area contributed by atoms with Gasteiger partial charge in [-0.3, -0.25) is 4.98 Å². The van der Waals surface area contributed by atoms with Crippen LogP contribution in [0.5, 0.6) is 0 Å². The lowest BCUT2D eigenvalue weighted by atomic mass is 9.85. The molecule has 0 saturated carbocycles. The summed E-state index contributed by atoms with van der Waals surface area (Å²) in [5.74, 6) is 0. The number of pyridine rings is 1. The van der Waals surface area contributed by atoms with Crippen molar-refractivity contribution in [1.82, 2.24) is 4.98 Å². The molecule has 22 heavy (non-hydrogen) atoms. The lowest BCUT2D eigenvalue weighted by molar-refractivity contribution is 0.378. The monoisotopic (exact) mass is 293 g/mol. The van der Waals surface area contributed by atoms with Gasteiger partial charge in [0.1, 0.15) is 0 Å². The van der Waals surface area contributed by atoms with Crippen molar-refractivity contribution in [3.63, 3.8) is 0 Å². The van der Waals surface area contributed by atoms with Crippen LogP contribution in [0, 0.1) is 5.41 Å². The predicted octanol–water partition coefficient (Wildman–Crippen LogP) is 6.15. The molecule has 116 valence electrons. The number of hydrogen-bond acceptors (Lipinski definition) is 1. The third-order valence-electron chi connectivity index (χ3n) is 4.07. The first-order valence-electron chi connectivity index (χ1n) is 8.09. The first-order valence-corrected chi connectivity index (χ1v) is 8.09. The summed E-state index contributed by atoms with van der Waals surface area (Å²) >= 11 is 0. The zero-order valence-electron chi connectivity index (χ0n) is 14.5. The number of benzene rings is 1. The number of nitrogens with zero attached hydrogens (tertiary/aromatic N) is 1. The molecule has 1 heteroatoms. The fourth-order valence-electron chi connectivity index (χ4n) is 2.62. The molecule has 0 aliphatic rings. The highest BCUT2D eigenvalue weighted by molar-refractivity contribution is 5.81. The molecular weight excluding hydrogens is 266 g/mol. The molecule has 0 atom stereocenters. The molecule has 0 radical (unpaired) electrons. The van der Waals surface area contributed by atoms with Crippen molar-refractivity contribution < 1.29 is 0 Å². The van der Waals surface area contributed by atoms with E-state index in [1.165, 1.54) is 28.7 Å². The molecule has 0 unspecified atom stereocenters. The van der Waals surface area contributed by atoms with Crippen LogP contribution < -0.4 is 0 Å². The Morgan fingerprint density at radius 2 is 1.86 bits per heavy atom. The molecule has 0 amide bonds. The van der Waals surface area contributed by atoms with Crippen molar-refractivity contribution in [2.75, 3.05) is 0 Å². The van der Waals surface area contributed by atoms with E-state index in [2.05, 4.69) is 76.0 Å². The molecule has 0 spiro atoms. The average Bonchev–Trinajstić information content (AvgIpc) is 2.52. The first kappa shape index (κ1) is 16.5. The summed E-state index contributed by atoms with van der Waals surface area (Å²) in [7, 11) is 0. The zero-order chi connectivity index (χ0) is 16.2. The van der Waals surface area contributed by atoms with Crippen LogP contribution in [0.15, 0.2) is 48.7 Å². The summed E-state index contributed by atoms with van der Waals surface area (Å²) < 4.78 is 0. The highest BCUT2D eigenvalue weighted by Crippen LogP contribution is 2.33. The van der Waals surface area contributed by atoms with Crippen molar-refractivity contribution in [3.05, 3.63) is 59.8 Å². The van der Waals surface area contributed by atoms with Gasteiger partial charge in [0.25, 0.3) is 0 Å². The zero-order valence-corrected chi connectivity index (χ0v) is 14.5. The molecule has 1 nitrogen and oxygen atoms in total. The van der Waals surface area contributed by atoms with E-state index in [0.29, 0.717) is 5.41 Å². The third-order valence-corrected chi connectivity index (χ3v) is 4.07. The van der Waals surface area contributed by atoms with Gasteiger partial charge in [-0.1, -0.05) is 51.1 Å². The van der Waals surface area contributed by atoms with Crippen molar-refractivity contribution in [3.8, 4) is 11.3 Å². The molecule has 2 rings (SSSR count). The van der Waals surface area contributed by atoms with Gasteiger partial charge in [-0.25, -0.2) is 0 Å². The normalized spacial score (nSPS) is 12.5. The minimum Gasteiger partial charge on any atom is -0.256 e. The standard InChI is InChI=1S/C21H27N/c1-6-16(2)18-11-9-10-17(13-14-21(3,4)5)20(18)19-12-7-8-15-22-19/h6-12,15H,13-14H2,1-5H3/b16-6+. The summed E-state index contributed by atoms with van der Waals surface area (Å²) in [5.41, 5.74) is 6.71. The van der Waals surface area contributed by atoms with E-state index in [-0.39, 0.29) is 0 Å².